The summed E-state index contributed by atoms with van der Waals surface area (Å²) in [5.74, 6) is 1.64. The molecule has 0 aliphatic rings. The largest absolute Gasteiger partial charge is 0.493 e. The number of benzene rings is 1. The third kappa shape index (κ3) is 9.10. The number of rotatable bonds is 13. The van der Waals surface area contributed by atoms with Crippen LogP contribution in [0.25, 0.3) is 0 Å². The van der Waals surface area contributed by atoms with E-state index < -0.39 is 0 Å². The van der Waals surface area contributed by atoms with Crippen LogP contribution >= 0.6 is 0 Å². The summed E-state index contributed by atoms with van der Waals surface area (Å²) in [5.41, 5.74) is 1.28. The third-order valence-corrected chi connectivity index (χ3v) is 4.09. The summed E-state index contributed by atoms with van der Waals surface area (Å²) in [4.78, 5) is 7.04. The number of nitrogens with zero attached hydrogens (tertiary/aromatic N) is 3. The van der Waals surface area contributed by atoms with Crippen LogP contribution in [0.2, 0.25) is 0 Å². The van der Waals surface area contributed by atoms with E-state index >= 15 is 0 Å². The van der Waals surface area contributed by atoms with Gasteiger partial charge in [0.25, 0.3) is 0 Å². The Balaban J connectivity index is 2.71. The second-order valence-corrected chi connectivity index (χ2v) is 7.01. The van der Waals surface area contributed by atoms with Gasteiger partial charge in [-0.1, -0.05) is 6.07 Å². The minimum atomic E-state index is 0.648. The summed E-state index contributed by atoms with van der Waals surface area (Å²) in [5, 5.41) is 0. The van der Waals surface area contributed by atoms with Gasteiger partial charge in [0.05, 0.1) is 13.7 Å². The average Bonchev–Trinajstić information content (AvgIpc) is 2.54. The Labute approximate surface area is 154 Å². The topological polar surface area (TPSA) is 28.2 Å². The Morgan fingerprint density at radius 3 is 1.92 bits per heavy atom. The zero-order valence-corrected chi connectivity index (χ0v) is 17.0. The summed E-state index contributed by atoms with van der Waals surface area (Å²) in [6, 6.07) is 6.28. The molecular weight excluding hydrogens is 314 g/mol. The molecule has 0 aromatic heterocycles. The van der Waals surface area contributed by atoms with Crippen molar-refractivity contribution in [2.75, 3.05) is 68.1 Å². The predicted octanol–water partition coefficient (Wildman–Crippen LogP) is 2.80. The van der Waals surface area contributed by atoms with Gasteiger partial charge in [-0.25, -0.2) is 0 Å². The lowest BCUT2D eigenvalue weighted by Crippen LogP contribution is -2.30. The van der Waals surface area contributed by atoms with Crippen molar-refractivity contribution in [3.63, 3.8) is 0 Å². The van der Waals surface area contributed by atoms with Gasteiger partial charge in [-0.05, 0) is 91.8 Å². The third-order valence-electron chi connectivity index (χ3n) is 4.09. The summed E-state index contributed by atoms with van der Waals surface area (Å²) >= 11 is 0. The van der Waals surface area contributed by atoms with Crippen molar-refractivity contribution >= 4 is 0 Å². The molecule has 5 heteroatoms. The molecule has 0 heterocycles. The highest BCUT2D eigenvalue weighted by molar-refractivity contribution is 5.42. The predicted molar refractivity (Wildman–Crippen MR) is 106 cm³/mol. The van der Waals surface area contributed by atoms with E-state index in [-0.39, 0.29) is 0 Å². The molecule has 0 fully saturated rings. The van der Waals surface area contributed by atoms with Crippen LogP contribution in [0.4, 0.5) is 0 Å². The second kappa shape index (κ2) is 12.1. The van der Waals surface area contributed by atoms with Crippen LogP contribution in [0.5, 0.6) is 11.5 Å². The van der Waals surface area contributed by atoms with E-state index in [4.69, 9.17) is 9.47 Å². The maximum atomic E-state index is 5.72. The standard InChI is InChI=1S/C20H37N3O2/c1-7-25-20-16-18(10-11-19(20)24-6)17-23(14-8-12-21(2)3)15-9-13-22(4)5/h10-11,16H,7-9,12-15,17H2,1-6H3. The Morgan fingerprint density at radius 2 is 1.44 bits per heavy atom. The van der Waals surface area contributed by atoms with Crippen molar-refractivity contribution < 1.29 is 9.47 Å². The molecule has 5 nitrogen and oxygen atoms in total. The lowest BCUT2D eigenvalue weighted by molar-refractivity contribution is 0.233. The maximum absolute atomic E-state index is 5.72. The van der Waals surface area contributed by atoms with E-state index in [2.05, 4.69) is 55.0 Å². The van der Waals surface area contributed by atoms with E-state index in [0.717, 1.165) is 44.2 Å². The van der Waals surface area contributed by atoms with Gasteiger partial charge in [-0.15, -0.1) is 0 Å². The van der Waals surface area contributed by atoms with Crippen LogP contribution in [-0.4, -0.2) is 82.8 Å². The maximum Gasteiger partial charge on any atom is 0.161 e. The van der Waals surface area contributed by atoms with Gasteiger partial charge in [-0.2, -0.15) is 0 Å². The van der Waals surface area contributed by atoms with Crippen LogP contribution in [0.1, 0.15) is 25.3 Å². The van der Waals surface area contributed by atoms with E-state index in [1.807, 2.05) is 13.0 Å². The summed E-state index contributed by atoms with van der Waals surface area (Å²) in [6.45, 7) is 8.07. The molecular formula is C20H37N3O2. The van der Waals surface area contributed by atoms with E-state index in [1.54, 1.807) is 7.11 Å². The molecule has 1 aromatic carbocycles. The zero-order chi connectivity index (χ0) is 18.7. The Hall–Kier alpha value is -1.30. The molecule has 0 spiro atoms. The Bertz CT molecular complexity index is 464. The van der Waals surface area contributed by atoms with E-state index in [1.165, 1.54) is 18.4 Å². The first-order chi connectivity index (χ1) is 12.0. The molecule has 0 aliphatic carbocycles. The average molecular weight is 352 g/mol. The van der Waals surface area contributed by atoms with Gasteiger partial charge in [0.15, 0.2) is 11.5 Å². The molecule has 0 N–H and O–H groups in total. The van der Waals surface area contributed by atoms with Gasteiger partial charge in [0.2, 0.25) is 0 Å². The molecule has 0 atom stereocenters. The number of hydrogen-bond acceptors (Lipinski definition) is 5. The summed E-state index contributed by atoms with van der Waals surface area (Å²) in [7, 11) is 10.2. The fourth-order valence-electron chi connectivity index (χ4n) is 2.84. The zero-order valence-electron chi connectivity index (χ0n) is 17.0. The van der Waals surface area contributed by atoms with Gasteiger partial charge in [0, 0.05) is 6.54 Å². The highest BCUT2D eigenvalue weighted by atomic mass is 16.5. The first kappa shape index (κ1) is 21.7. The van der Waals surface area contributed by atoms with Crippen LogP contribution in [0.15, 0.2) is 18.2 Å². The van der Waals surface area contributed by atoms with Gasteiger partial charge >= 0.3 is 0 Å². The van der Waals surface area contributed by atoms with Crippen LogP contribution in [-0.2, 0) is 6.54 Å². The van der Waals surface area contributed by atoms with E-state index in [9.17, 15) is 0 Å². The molecule has 0 unspecified atom stereocenters. The molecule has 0 amide bonds. The molecule has 0 saturated heterocycles. The minimum Gasteiger partial charge on any atom is -0.493 e. The van der Waals surface area contributed by atoms with Gasteiger partial charge in [-0.3, -0.25) is 4.90 Å². The smallest absolute Gasteiger partial charge is 0.161 e. The quantitative estimate of drug-likeness (QED) is 0.545. The second-order valence-electron chi connectivity index (χ2n) is 7.01. The van der Waals surface area contributed by atoms with Crippen molar-refractivity contribution in [3.8, 4) is 11.5 Å². The Kier molecular flexibility index (Phi) is 10.5. The normalized spacial score (nSPS) is 11.6. The van der Waals surface area contributed by atoms with E-state index in [0.29, 0.717) is 6.61 Å². The molecule has 0 saturated carbocycles. The van der Waals surface area contributed by atoms with Crippen molar-refractivity contribution in [2.45, 2.75) is 26.3 Å². The van der Waals surface area contributed by atoms with Crippen molar-refractivity contribution in [1.82, 2.24) is 14.7 Å². The SMILES string of the molecule is CCOc1cc(CN(CCCN(C)C)CCCN(C)C)ccc1OC. The molecule has 0 aliphatic heterocycles. The lowest BCUT2D eigenvalue weighted by Gasteiger charge is -2.24. The first-order valence-electron chi connectivity index (χ1n) is 9.27. The fourth-order valence-corrected chi connectivity index (χ4v) is 2.84. The first-order valence-corrected chi connectivity index (χ1v) is 9.27. The van der Waals surface area contributed by atoms with Crippen molar-refractivity contribution in [3.05, 3.63) is 23.8 Å². The Morgan fingerprint density at radius 1 is 0.840 bits per heavy atom. The van der Waals surface area contributed by atoms with Crippen molar-refractivity contribution in [1.29, 1.82) is 0 Å². The minimum absolute atomic E-state index is 0.648. The van der Waals surface area contributed by atoms with Crippen LogP contribution < -0.4 is 9.47 Å². The van der Waals surface area contributed by atoms with Gasteiger partial charge in [0.1, 0.15) is 0 Å². The molecule has 25 heavy (non-hydrogen) atoms. The number of hydrogen-bond donors (Lipinski definition) is 0. The number of ether oxygens (including phenoxy) is 2. The van der Waals surface area contributed by atoms with Crippen molar-refractivity contribution in [2.24, 2.45) is 0 Å². The summed E-state index contributed by atoms with van der Waals surface area (Å²) < 4.78 is 11.1. The fraction of sp³-hybridized carbons (Fsp3) is 0.700. The molecule has 0 bridgehead atoms. The molecule has 1 rings (SSSR count). The highest BCUT2D eigenvalue weighted by Gasteiger charge is 2.10. The van der Waals surface area contributed by atoms with Crippen LogP contribution in [0, 0.1) is 0 Å². The monoisotopic (exact) mass is 351 g/mol. The lowest BCUT2D eigenvalue weighted by atomic mass is 10.1. The summed E-state index contributed by atoms with van der Waals surface area (Å²) in [6.07, 6.45) is 2.37. The van der Waals surface area contributed by atoms with Gasteiger partial charge < -0.3 is 19.3 Å². The molecule has 1 aromatic rings. The van der Waals surface area contributed by atoms with Crippen LogP contribution in [0.3, 0.4) is 0 Å². The molecule has 0 radical (unpaired) electrons. The number of methoxy groups -OCH3 is 1. The highest BCUT2D eigenvalue weighted by Crippen LogP contribution is 2.28. The molecule has 144 valence electrons.